The summed E-state index contributed by atoms with van der Waals surface area (Å²) in [6.45, 7) is 5.28. The molecule has 1 unspecified atom stereocenters. The molecule has 0 radical (unpaired) electrons. The van der Waals surface area contributed by atoms with Gasteiger partial charge < -0.3 is 9.64 Å². The maximum atomic E-state index is 13.0. The Kier molecular flexibility index (Phi) is 4.48. The molecule has 2 heterocycles. The molecule has 1 amide bonds. The number of anilines is 1. The van der Waals surface area contributed by atoms with Crippen LogP contribution in [0.3, 0.4) is 0 Å². The Hall–Kier alpha value is -2.14. The van der Waals surface area contributed by atoms with Crippen LogP contribution in [0.5, 0.6) is 0 Å². The van der Waals surface area contributed by atoms with Crippen molar-refractivity contribution in [3.63, 3.8) is 0 Å². The Labute approximate surface area is 136 Å². The highest BCUT2D eigenvalue weighted by atomic mass is 16.5. The third kappa shape index (κ3) is 3.15. The second-order valence-electron chi connectivity index (χ2n) is 6.07. The van der Waals surface area contributed by atoms with E-state index in [2.05, 4.69) is 5.10 Å². The lowest BCUT2D eigenvalue weighted by Gasteiger charge is -2.28. The molecule has 23 heavy (non-hydrogen) atoms. The number of ether oxygens (including phenoxy) is 1. The molecule has 1 fully saturated rings. The Bertz CT molecular complexity index is 688. The Morgan fingerprint density at radius 1 is 1.35 bits per heavy atom. The molecule has 0 saturated carbocycles. The standard InChI is InChI=1S/C18H23N3O2/c1-13-17(14(2)20(3)19-13)11-18(22)21(16-9-10-23-12-16)15-7-5-4-6-8-15/h4-8,16H,9-12H2,1-3H3. The van der Waals surface area contributed by atoms with Gasteiger partial charge >= 0.3 is 0 Å². The van der Waals surface area contributed by atoms with Crippen molar-refractivity contribution in [1.82, 2.24) is 9.78 Å². The molecule has 1 atom stereocenters. The van der Waals surface area contributed by atoms with Gasteiger partial charge in [0.05, 0.1) is 24.8 Å². The van der Waals surface area contributed by atoms with Crippen molar-refractivity contribution >= 4 is 11.6 Å². The van der Waals surface area contributed by atoms with Crippen molar-refractivity contribution < 1.29 is 9.53 Å². The van der Waals surface area contributed by atoms with Crippen LogP contribution in [0.2, 0.25) is 0 Å². The highest BCUT2D eigenvalue weighted by Crippen LogP contribution is 2.24. The van der Waals surface area contributed by atoms with Crippen molar-refractivity contribution in [1.29, 1.82) is 0 Å². The molecule has 0 bridgehead atoms. The van der Waals surface area contributed by atoms with E-state index in [1.165, 1.54) is 0 Å². The third-order valence-electron chi connectivity index (χ3n) is 4.56. The first-order valence-electron chi connectivity index (χ1n) is 8.02. The van der Waals surface area contributed by atoms with Gasteiger partial charge in [-0.25, -0.2) is 0 Å². The summed E-state index contributed by atoms with van der Waals surface area (Å²) in [5.41, 5.74) is 3.94. The number of carbonyl (C=O) groups is 1. The Balaban J connectivity index is 1.88. The van der Waals surface area contributed by atoms with Crippen molar-refractivity contribution in [2.75, 3.05) is 18.1 Å². The average Bonchev–Trinajstić information content (AvgIpc) is 3.14. The quantitative estimate of drug-likeness (QED) is 0.871. The van der Waals surface area contributed by atoms with Gasteiger partial charge in [0.1, 0.15) is 0 Å². The van der Waals surface area contributed by atoms with Crippen LogP contribution in [0.1, 0.15) is 23.4 Å². The molecule has 5 heteroatoms. The van der Waals surface area contributed by atoms with Crippen LogP contribution in [0.15, 0.2) is 30.3 Å². The lowest BCUT2D eigenvalue weighted by molar-refractivity contribution is -0.118. The minimum absolute atomic E-state index is 0.103. The van der Waals surface area contributed by atoms with Crippen LogP contribution in [0.25, 0.3) is 0 Å². The van der Waals surface area contributed by atoms with Gasteiger partial charge in [-0.05, 0) is 32.4 Å². The van der Waals surface area contributed by atoms with Gasteiger partial charge in [-0.2, -0.15) is 5.10 Å². The monoisotopic (exact) mass is 313 g/mol. The number of amides is 1. The van der Waals surface area contributed by atoms with Crippen LogP contribution in [0, 0.1) is 13.8 Å². The highest BCUT2D eigenvalue weighted by molar-refractivity contribution is 5.95. The number of para-hydroxylation sites is 1. The van der Waals surface area contributed by atoms with E-state index in [4.69, 9.17) is 4.74 Å². The second kappa shape index (κ2) is 6.54. The number of hydrogen-bond donors (Lipinski definition) is 0. The maximum Gasteiger partial charge on any atom is 0.231 e. The van der Waals surface area contributed by atoms with E-state index in [-0.39, 0.29) is 11.9 Å². The molecule has 1 saturated heterocycles. The second-order valence-corrected chi connectivity index (χ2v) is 6.07. The van der Waals surface area contributed by atoms with Gasteiger partial charge in [0, 0.05) is 30.6 Å². The summed E-state index contributed by atoms with van der Waals surface area (Å²) < 4.78 is 7.34. The van der Waals surface area contributed by atoms with Gasteiger partial charge in [0.2, 0.25) is 5.91 Å². The summed E-state index contributed by atoms with van der Waals surface area (Å²) >= 11 is 0. The molecule has 1 aromatic heterocycles. The summed E-state index contributed by atoms with van der Waals surface area (Å²) in [5, 5.41) is 4.41. The molecule has 122 valence electrons. The molecule has 1 aliphatic heterocycles. The van der Waals surface area contributed by atoms with Crippen molar-refractivity contribution in [3.05, 3.63) is 47.3 Å². The lowest BCUT2D eigenvalue weighted by Crippen LogP contribution is -2.42. The molecule has 0 aliphatic carbocycles. The van der Waals surface area contributed by atoms with Crippen LogP contribution in [-0.4, -0.2) is 34.9 Å². The number of benzene rings is 1. The highest BCUT2D eigenvalue weighted by Gasteiger charge is 2.29. The summed E-state index contributed by atoms with van der Waals surface area (Å²) in [4.78, 5) is 14.9. The predicted octanol–water partition coefficient (Wildman–Crippen LogP) is 2.40. The first-order valence-corrected chi connectivity index (χ1v) is 8.02. The molecular weight excluding hydrogens is 290 g/mol. The normalized spacial score (nSPS) is 17.4. The van der Waals surface area contributed by atoms with Gasteiger partial charge in [0.15, 0.2) is 0 Å². The van der Waals surface area contributed by atoms with Crippen LogP contribution in [-0.2, 0) is 23.0 Å². The number of aryl methyl sites for hydroxylation is 2. The number of nitrogens with zero attached hydrogens (tertiary/aromatic N) is 3. The smallest absolute Gasteiger partial charge is 0.231 e. The van der Waals surface area contributed by atoms with Crippen LogP contribution < -0.4 is 4.90 Å². The average molecular weight is 313 g/mol. The molecule has 3 rings (SSSR count). The number of aromatic nitrogens is 2. The summed E-state index contributed by atoms with van der Waals surface area (Å²) in [5.74, 6) is 0.103. The summed E-state index contributed by atoms with van der Waals surface area (Å²) in [7, 11) is 1.91. The number of rotatable bonds is 4. The minimum atomic E-state index is 0.103. The first kappa shape index (κ1) is 15.7. The largest absolute Gasteiger partial charge is 0.379 e. The van der Waals surface area contributed by atoms with E-state index < -0.39 is 0 Å². The van der Waals surface area contributed by atoms with Gasteiger partial charge in [-0.15, -0.1) is 0 Å². The van der Waals surface area contributed by atoms with Gasteiger partial charge in [-0.1, -0.05) is 18.2 Å². The van der Waals surface area contributed by atoms with Crippen LogP contribution >= 0.6 is 0 Å². The molecule has 0 N–H and O–H groups in total. The van der Waals surface area contributed by atoms with Crippen molar-refractivity contribution in [2.24, 2.45) is 7.05 Å². The van der Waals surface area contributed by atoms with E-state index in [1.54, 1.807) is 0 Å². The van der Waals surface area contributed by atoms with Gasteiger partial charge in [0.25, 0.3) is 0 Å². The van der Waals surface area contributed by atoms with E-state index in [1.807, 2.05) is 60.8 Å². The Morgan fingerprint density at radius 2 is 2.09 bits per heavy atom. The topological polar surface area (TPSA) is 47.4 Å². The lowest BCUT2D eigenvalue weighted by atomic mass is 10.1. The predicted molar refractivity (Wildman–Crippen MR) is 89.5 cm³/mol. The molecular formula is C18H23N3O2. The van der Waals surface area contributed by atoms with E-state index in [9.17, 15) is 4.79 Å². The fraction of sp³-hybridized carbons (Fsp3) is 0.444. The molecule has 0 spiro atoms. The van der Waals surface area contributed by atoms with Crippen LogP contribution in [0.4, 0.5) is 5.69 Å². The molecule has 5 nitrogen and oxygen atoms in total. The maximum absolute atomic E-state index is 13.0. The minimum Gasteiger partial charge on any atom is -0.379 e. The number of hydrogen-bond acceptors (Lipinski definition) is 3. The van der Waals surface area contributed by atoms with E-state index >= 15 is 0 Å². The van der Waals surface area contributed by atoms with Gasteiger partial charge in [-0.3, -0.25) is 9.48 Å². The molecule has 1 aliphatic rings. The summed E-state index contributed by atoms with van der Waals surface area (Å²) in [6.07, 6.45) is 1.25. The number of carbonyl (C=O) groups excluding carboxylic acids is 1. The zero-order valence-corrected chi connectivity index (χ0v) is 14.0. The van der Waals surface area contributed by atoms with Crippen molar-refractivity contribution in [2.45, 2.75) is 32.7 Å². The molecule has 2 aromatic rings. The first-order chi connectivity index (χ1) is 11.1. The third-order valence-corrected chi connectivity index (χ3v) is 4.56. The van der Waals surface area contributed by atoms with E-state index in [0.29, 0.717) is 19.6 Å². The van der Waals surface area contributed by atoms with E-state index in [0.717, 1.165) is 29.1 Å². The Morgan fingerprint density at radius 3 is 2.65 bits per heavy atom. The van der Waals surface area contributed by atoms with Crippen molar-refractivity contribution in [3.8, 4) is 0 Å². The zero-order chi connectivity index (χ0) is 16.4. The summed E-state index contributed by atoms with van der Waals surface area (Å²) in [6, 6.07) is 9.98. The zero-order valence-electron chi connectivity index (χ0n) is 14.0. The SMILES string of the molecule is Cc1nn(C)c(C)c1CC(=O)N(c1ccccc1)C1CCOC1. The fourth-order valence-corrected chi connectivity index (χ4v) is 3.18. The fourth-order valence-electron chi connectivity index (χ4n) is 3.18. The molecule has 1 aromatic carbocycles.